The van der Waals surface area contributed by atoms with E-state index in [4.69, 9.17) is 9.40 Å². The number of benzene rings is 2. The molecule has 2 heterocycles. The van der Waals surface area contributed by atoms with Gasteiger partial charge in [-0.2, -0.15) is 0 Å². The van der Waals surface area contributed by atoms with Gasteiger partial charge >= 0.3 is 0 Å². The summed E-state index contributed by atoms with van der Waals surface area (Å²) in [4.78, 5) is 9.38. The molecule has 5 nitrogen and oxygen atoms in total. The summed E-state index contributed by atoms with van der Waals surface area (Å²) in [6.45, 7) is 3.38. The number of rotatable bonds is 7. The molecule has 0 atom stereocenters. The topological polar surface area (TPSA) is 63.0 Å². The Morgan fingerprint density at radius 1 is 0.786 bits per heavy atom. The Morgan fingerprint density at radius 2 is 1.50 bits per heavy atom. The Morgan fingerprint density at radius 3 is 2.21 bits per heavy atom. The molecule has 4 rings (SSSR count). The summed E-state index contributed by atoms with van der Waals surface area (Å²) in [5.74, 6) is 3.06. The van der Waals surface area contributed by atoms with E-state index in [0.29, 0.717) is 18.9 Å². The monoisotopic (exact) mass is 370 g/mol. The number of nitrogens with one attached hydrogen (secondary N) is 2. The van der Waals surface area contributed by atoms with Gasteiger partial charge < -0.3 is 15.1 Å². The normalized spacial score (nSPS) is 10.6. The van der Waals surface area contributed by atoms with E-state index >= 15 is 0 Å². The van der Waals surface area contributed by atoms with Crippen molar-refractivity contribution in [1.29, 1.82) is 0 Å². The molecule has 0 aliphatic rings. The molecule has 140 valence electrons. The summed E-state index contributed by atoms with van der Waals surface area (Å²) in [5.41, 5.74) is 3.47. The van der Waals surface area contributed by atoms with Gasteiger partial charge in [-0.05, 0) is 30.2 Å². The summed E-state index contributed by atoms with van der Waals surface area (Å²) in [7, 11) is 0. The molecular formula is C23H22N4O. The van der Waals surface area contributed by atoms with Crippen molar-refractivity contribution in [2.24, 2.45) is 0 Å². The van der Waals surface area contributed by atoms with Crippen LogP contribution in [0, 0.1) is 6.92 Å². The molecular weight excluding hydrogens is 348 g/mol. The first-order chi connectivity index (χ1) is 13.8. The van der Waals surface area contributed by atoms with Crippen LogP contribution in [0.15, 0.2) is 83.5 Å². The van der Waals surface area contributed by atoms with Crippen LogP contribution in [0.1, 0.15) is 16.9 Å². The zero-order chi connectivity index (χ0) is 19.2. The van der Waals surface area contributed by atoms with Crippen molar-refractivity contribution in [3.05, 3.63) is 95.9 Å². The number of nitrogens with zero attached hydrogens (tertiary/aromatic N) is 2. The predicted octanol–water partition coefficient (Wildman–Crippen LogP) is 5.27. The SMILES string of the molecule is Cc1ccccc1CNc1cc(NCc2ccco2)nc(-c2ccccc2)n1. The first-order valence-electron chi connectivity index (χ1n) is 9.27. The quantitative estimate of drug-likeness (QED) is 0.464. The highest BCUT2D eigenvalue weighted by atomic mass is 16.3. The molecule has 0 saturated carbocycles. The lowest BCUT2D eigenvalue weighted by Gasteiger charge is -2.12. The van der Waals surface area contributed by atoms with Gasteiger partial charge in [0.15, 0.2) is 5.82 Å². The Bertz CT molecular complexity index is 1030. The van der Waals surface area contributed by atoms with E-state index in [9.17, 15) is 0 Å². The Kier molecular flexibility index (Phi) is 5.33. The summed E-state index contributed by atoms with van der Waals surface area (Å²) >= 11 is 0. The van der Waals surface area contributed by atoms with Crippen molar-refractivity contribution in [2.45, 2.75) is 20.0 Å². The number of aryl methyl sites for hydroxylation is 1. The molecule has 0 radical (unpaired) electrons. The first-order valence-corrected chi connectivity index (χ1v) is 9.27. The van der Waals surface area contributed by atoms with Gasteiger partial charge in [0.1, 0.15) is 17.4 Å². The molecule has 2 aromatic carbocycles. The smallest absolute Gasteiger partial charge is 0.163 e. The molecule has 5 heteroatoms. The maximum absolute atomic E-state index is 5.40. The largest absolute Gasteiger partial charge is 0.467 e. The Labute approximate surface area is 164 Å². The lowest BCUT2D eigenvalue weighted by molar-refractivity contribution is 0.518. The van der Waals surface area contributed by atoms with Gasteiger partial charge in [-0.15, -0.1) is 0 Å². The molecule has 0 amide bonds. The molecule has 2 N–H and O–H groups in total. The lowest BCUT2D eigenvalue weighted by atomic mass is 10.1. The molecule has 0 saturated heterocycles. The molecule has 28 heavy (non-hydrogen) atoms. The van der Waals surface area contributed by atoms with Crippen molar-refractivity contribution >= 4 is 11.6 Å². The van der Waals surface area contributed by atoms with E-state index < -0.39 is 0 Å². The van der Waals surface area contributed by atoms with E-state index in [0.717, 1.165) is 23.0 Å². The van der Waals surface area contributed by atoms with Gasteiger partial charge in [-0.1, -0.05) is 54.6 Å². The summed E-state index contributed by atoms with van der Waals surface area (Å²) in [5, 5.41) is 6.75. The number of aromatic nitrogens is 2. The van der Waals surface area contributed by atoms with Crippen LogP contribution in [-0.2, 0) is 13.1 Å². The fourth-order valence-corrected chi connectivity index (χ4v) is 2.93. The van der Waals surface area contributed by atoms with Crippen molar-refractivity contribution in [3.63, 3.8) is 0 Å². The van der Waals surface area contributed by atoms with Gasteiger partial charge in [-0.25, -0.2) is 9.97 Å². The minimum atomic E-state index is 0.565. The van der Waals surface area contributed by atoms with Crippen molar-refractivity contribution < 1.29 is 4.42 Å². The molecule has 0 spiro atoms. The van der Waals surface area contributed by atoms with Gasteiger partial charge in [0.2, 0.25) is 0 Å². The number of furan rings is 1. The number of anilines is 2. The van der Waals surface area contributed by atoms with Crippen molar-refractivity contribution in [1.82, 2.24) is 9.97 Å². The third-order valence-corrected chi connectivity index (χ3v) is 4.50. The fourth-order valence-electron chi connectivity index (χ4n) is 2.93. The van der Waals surface area contributed by atoms with Crippen LogP contribution in [-0.4, -0.2) is 9.97 Å². The average Bonchev–Trinajstić information content (AvgIpc) is 3.26. The molecule has 0 fully saturated rings. The maximum Gasteiger partial charge on any atom is 0.163 e. The van der Waals surface area contributed by atoms with E-state index in [1.165, 1.54) is 11.1 Å². The van der Waals surface area contributed by atoms with E-state index in [2.05, 4.69) is 40.7 Å². The highest BCUT2D eigenvalue weighted by molar-refractivity contribution is 5.61. The van der Waals surface area contributed by atoms with Crippen LogP contribution in [0.2, 0.25) is 0 Å². The van der Waals surface area contributed by atoms with E-state index in [1.54, 1.807) is 6.26 Å². The fraction of sp³-hybridized carbons (Fsp3) is 0.130. The van der Waals surface area contributed by atoms with Crippen LogP contribution in [0.5, 0.6) is 0 Å². The Hall–Kier alpha value is -3.60. The zero-order valence-electron chi connectivity index (χ0n) is 15.7. The second-order valence-electron chi connectivity index (χ2n) is 6.54. The van der Waals surface area contributed by atoms with Crippen LogP contribution in [0.25, 0.3) is 11.4 Å². The summed E-state index contributed by atoms with van der Waals surface area (Å²) in [6.07, 6.45) is 1.67. The first kappa shape index (κ1) is 17.8. The van der Waals surface area contributed by atoms with Gasteiger partial charge in [0.25, 0.3) is 0 Å². The minimum Gasteiger partial charge on any atom is -0.467 e. The molecule has 0 aliphatic heterocycles. The standard InChI is InChI=1S/C23H22N4O/c1-17-8-5-6-11-19(17)15-24-21-14-22(25-16-20-12-7-13-28-20)27-23(26-21)18-9-3-2-4-10-18/h2-14H,15-16H2,1H3,(H2,24,25,26,27). The van der Waals surface area contributed by atoms with E-state index in [1.807, 2.05) is 54.6 Å². The van der Waals surface area contributed by atoms with Gasteiger partial charge in [0.05, 0.1) is 12.8 Å². The minimum absolute atomic E-state index is 0.565. The average molecular weight is 370 g/mol. The lowest BCUT2D eigenvalue weighted by Crippen LogP contribution is -2.07. The second kappa shape index (κ2) is 8.39. The third-order valence-electron chi connectivity index (χ3n) is 4.50. The van der Waals surface area contributed by atoms with Crippen LogP contribution >= 0.6 is 0 Å². The van der Waals surface area contributed by atoms with Crippen LogP contribution in [0.3, 0.4) is 0 Å². The Balaban J connectivity index is 1.58. The van der Waals surface area contributed by atoms with E-state index in [-0.39, 0.29) is 0 Å². The highest BCUT2D eigenvalue weighted by Crippen LogP contribution is 2.21. The van der Waals surface area contributed by atoms with Crippen LogP contribution < -0.4 is 10.6 Å². The molecule has 4 aromatic rings. The van der Waals surface area contributed by atoms with Crippen LogP contribution in [0.4, 0.5) is 11.6 Å². The second-order valence-corrected chi connectivity index (χ2v) is 6.54. The third kappa shape index (κ3) is 4.38. The number of hydrogen-bond donors (Lipinski definition) is 2. The molecule has 2 aromatic heterocycles. The zero-order valence-corrected chi connectivity index (χ0v) is 15.7. The van der Waals surface area contributed by atoms with Crippen molar-refractivity contribution in [2.75, 3.05) is 10.6 Å². The summed E-state index contributed by atoms with van der Waals surface area (Å²) < 4.78 is 5.40. The highest BCUT2D eigenvalue weighted by Gasteiger charge is 2.08. The van der Waals surface area contributed by atoms with Gasteiger partial charge in [0, 0.05) is 18.2 Å². The number of hydrogen-bond acceptors (Lipinski definition) is 5. The molecule has 0 bridgehead atoms. The molecule has 0 unspecified atom stereocenters. The van der Waals surface area contributed by atoms with Gasteiger partial charge in [-0.3, -0.25) is 0 Å². The van der Waals surface area contributed by atoms with Crippen molar-refractivity contribution in [3.8, 4) is 11.4 Å². The predicted molar refractivity (Wildman–Crippen MR) is 112 cm³/mol. The summed E-state index contributed by atoms with van der Waals surface area (Å²) in [6, 6.07) is 24.1. The molecule has 0 aliphatic carbocycles. The maximum atomic E-state index is 5.40.